The van der Waals surface area contributed by atoms with Crippen molar-refractivity contribution in [3.8, 4) is 0 Å². The van der Waals surface area contributed by atoms with E-state index in [9.17, 15) is 14.4 Å². The van der Waals surface area contributed by atoms with Crippen LogP contribution in [0.25, 0.3) is 0 Å². The van der Waals surface area contributed by atoms with E-state index in [-0.39, 0.29) is 24.3 Å². The van der Waals surface area contributed by atoms with Gasteiger partial charge in [-0.2, -0.15) is 0 Å². The Morgan fingerprint density at radius 1 is 1.32 bits per heavy atom. The molecule has 2 rings (SSSR count). The van der Waals surface area contributed by atoms with Gasteiger partial charge in [0.1, 0.15) is 12.6 Å². The number of hydrogen-bond acceptors (Lipinski definition) is 3. The van der Waals surface area contributed by atoms with Gasteiger partial charge in [0.05, 0.1) is 0 Å². The number of rotatable bonds is 4. The van der Waals surface area contributed by atoms with Gasteiger partial charge in [-0.05, 0) is 18.8 Å². The van der Waals surface area contributed by atoms with Crippen molar-refractivity contribution in [3.05, 3.63) is 0 Å². The Morgan fingerprint density at radius 2 is 2.00 bits per heavy atom. The molecule has 1 saturated carbocycles. The van der Waals surface area contributed by atoms with E-state index >= 15 is 0 Å². The van der Waals surface area contributed by atoms with Crippen molar-refractivity contribution in [1.82, 2.24) is 10.2 Å². The highest BCUT2D eigenvalue weighted by Crippen LogP contribution is 2.29. The third kappa shape index (κ3) is 3.33. The average molecular weight is 266 g/mol. The van der Waals surface area contributed by atoms with Crippen molar-refractivity contribution < 1.29 is 14.4 Å². The maximum atomic E-state index is 12.2. The molecule has 0 aromatic carbocycles. The molecule has 0 spiro atoms. The van der Waals surface area contributed by atoms with E-state index in [1.54, 1.807) is 0 Å². The smallest absolute Gasteiger partial charge is 0.249 e. The number of piperazine rings is 1. The summed E-state index contributed by atoms with van der Waals surface area (Å²) in [6.07, 6.45) is 6.85. The Kier molecular flexibility index (Phi) is 4.56. The largest absolute Gasteiger partial charge is 0.321 e. The van der Waals surface area contributed by atoms with E-state index in [0.717, 1.165) is 6.42 Å². The van der Waals surface area contributed by atoms with E-state index in [1.807, 2.05) is 6.92 Å². The molecule has 5 heteroatoms. The predicted octanol–water partition coefficient (Wildman–Crippen LogP) is 1.22. The lowest BCUT2D eigenvalue weighted by Crippen LogP contribution is -2.59. The minimum absolute atomic E-state index is 0.0216. The zero-order valence-corrected chi connectivity index (χ0v) is 11.5. The molecule has 1 N–H and O–H groups in total. The zero-order chi connectivity index (χ0) is 13.8. The molecule has 0 bridgehead atoms. The SMILES string of the molecule is CCC1C(=O)NC(=O)CN1C(=O)CCC1CCCC1. The fraction of sp³-hybridized carbons (Fsp3) is 0.786. The maximum absolute atomic E-state index is 12.2. The Balaban J connectivity index is 1.91. The second kappa shape index (κ2) is 6.17. The molecular weight excluding hydrogens is 244 g/mol. The summed E-state index contributed by atoms with van der Waals surface area (Å²) in [5.74, 6) is -0.114. The average Bonchev–Trinajstić information content (AvgIpc) is 2.88. The summed E-state index contributed by atoms with van der Waals surface area (Å²) in [6, 6.07) is -0.478. The van der Waals surface area contributed by atoms with E-state index in [0.29, 0.717) is 18.8 Å². The first kappa shape index (κ1) is 14.0. The van der Waals surface area contributed by atoms with Gasteiger partial charge in [0, 0.05) is 6.42 Å². The fourth-order valence-electron chi connectivity index (χ4n) is 3.10. The van der Waals surface area contributed by atoms with Gasteiger partial charge < -0.3 is 4.90 Å². The zero-order valence-electron chi connectivity index (χ0n) is 11.5. The third-order valence-corrected chi connectivity index (χ3v) is 4.20. The van der Waals surface area contributed by atoms with Crippen LogP contribution in [0.3, 0.4) is 0 Å². The number of carbonyl (C=O) groups is 3. The molecule has 5 nitrogen and oxygen atoms in total. The highest BCUT2D eigenvalue weighted by Gasteiger charge is 2.35. The molecule has 19 heavy (non-hydrogen) atoms. The van der Waals surface area contributed by atoms with Crippen molar-refractivity contribution in [2.24, 2.45) is 5.92 Å². The summed E-state index contributed by atoms with van der Waals surface area (Å²) >= 11 is 0. The fourth-order valence-corrected chi connectivity index (χ4v) is 3.10. The van der Waals surface area contributed by atoms with Gasteiger partial charge in [-0.25, -0.2) is 0 Å². The van der Waals surface area contributed by atoms with Crippen LogP contribution in [0.4, 0.5) is 0 Å². The molecule has 106 valence electrons. The Labute approximate surface area is 113 Å². The summed E-state index contributed by atoms with van der Waals surface area (Å²) < 4.78 is 0. The van der Waals surface area contributed by atoms with E-state index in [4.69, 9.17) is 0 Å². The molecule has 1 saturated heterocycles. The summed E-state index contributed by atoms with van der Waals surface area (Å²) in [5.41, 5.74) is 0. The number of nitrogens with zero attached hydrogens (tertiary/aromatic N) is 1. The number of amides is 3. The third-order valence-electron chi connectivity index (χ3n) is 4.20. The standard InChI is InChI=1S/C14H22N2O3/c1-2-11-14(19)15-12(17)9-16(11)13(18)8-7-10-5-3-4-6-10/h10-11H,2-9H2,1H3,(H,15,17,19). The predicted molar refractivity (Wildman–Crippen MR) is 70.1 cm³/mol. The highest BCUT2D eigenvalue weighted by molar-refractivity contribution is 6.04. The molecule has 1 aliphatic heterocycles. The van der Waals surface area contributed by atoms with Gasteiger partial charge in [0.25, 0.3) is 0 Å². The molecule has 0 aromatic rings. The van der Waals surface area contributed by atoms with Crippen LogP contribution < -0.4 is 5.32 Å². The van der Waals surface area contributed by atoms with Gasteiger partial charge in [0.15, 0.2) is 0 Å². The topological polar surface area (TPSA) is 66.5 Å². The Hall–Kier alpha value is -1.39. The van der Waals surface area contributed by atoms with Crippen LogP contribution in [0.2, 0.25) is 0 Å². The van der Waals surface area contributed by atoms with Gasteiger partial charge in [0.2, 0.25) is 17.7 Å². The lowest BCUT2D eigenvalue weighted by Gasteiger charge is -2.33. The van der Waals surface area contributed by atoms with E-state index in [1.165, 1.54) is 30.6 Å². The minimum Gasteiger partial charge on any atom is -0.321 e. The van der Waals surface area contributed by atoms with Crippen LogP contribution >= 0.6 is 0 Å². The number of imide groups is 1. The lowest BCUT2D eigenvalue weighted by atomic mass is 10.0. The summed E-state index contributed by atoms with van der Waals surface area (Å²) in [4.78, 5) is 36.7. The van der Waals surface area contributed by atoms with Crippen LogP contribution in [-0.4, -0.2) is 35.2 Å². The minimum atomic E-state index is -0.478. The van der Waals surface area contributed by atoms with Gasteiger partial charge in [-0.15, -0.1) is 0 Å². The second-order valence-corrected chi connectivity index (χ2v) is 5.55. The van der Waals surface area contributed by atoms with Crippen molar-refractivity contribution in [1.29, 1.82) is 0 Å². The van der Waals surface area contributed by atoms with Crippen LogP contribution in [0, 0.1) is 5.92 Å². The molecule has 0 aromatic heterocycles. The lowest BCUT2D eigenvalue weighted by molar-refractivity contribution is -0.150. The van der Waals surface area contributed by atoms with E-state index < -0.39 is 6.04 Å². The van der Waals surface area contributed by atoms with Crippen molar-refractivity contribution >= 4 is 17.7 Å². The molecular formula is C14H22N2O3. The Morgan fingerprint density at radius 3 is 2.63 bits per heavy atom. The maximum Gasteiger partial charge on any atom is 0.249 e. The number of hydrogen-bond donors (Lipinski definition) is 1. The molecule has 1 aliphatic carbocycles. The number of nitrogens with one attached hydrogen (secondary N) is 1. The quantitative estimate of drug-likeness (QED) is 0.778. The molecule has 0 radical (unpaired) electrons. The van der Waals surface area contributed by atoms with Gasteiger partial charge in [-0.3, -0.25) is 19.7 Å². The van der Waals surface area contributed by atoms with Crippen molar-refractivity contribution in [2.45, 2.75) is 57.9 Å². The van der Waals surface area contributed by atoms with Gasteiger partial charge >= 0.3 is 0 Å². The van der Waals surface area contributed by atoms with Crippen LogP contribution in [0.1, 0.15) is 51.9 Å². The van der Waals surface area contributed by atoms with E-state index in [2.05, 4.69) is 5.32 Å². The van der Waals surface area contributed by atoms with Crippen LogP contribution in [-0.2, 0) is 14.4 Å². The van der Waals surface area contributed by atoms with Crippen LogP contribution in [0.15, 0.2) is 0 Å². The molecule has 2 aliphatic rings. The molecule has 1 unspecified atom stereocenters. The first-order valence-corrected chi connectivity index (χ1v) is 7.25. The molecule has 3 amide bonds. The van der Waals surface area contributed by atoms with Crippen molar-refractivity contribution in [3.63, 3.8) is 0 Å². The van der Waals surface area contributed by atoms with Gasteiger partial charge in [-0.1, -0.05) is 32.6 Å². The summed E-state index contributed by atoms with van der Waals surface area (Å²) in [5, 5.41) is 2.29. The summed E-state index contributed by atoms with van der Waals surface area (Å²) in [6.45, 7) is 1.88. The Bertz CT molecular complexity index is 375. The monoisotopic (exact) mass is 266 g/mol. The number of carbonyl (C=O) groups excluding carboxylic acids is 3. The highest BCUT2D eigenvalue weighted by atomic mass is 16.2. The summed E-state index contributed by atoms with van der Waals surface area (Å²) in [7, 11) is 0. The molecule has 1 atom stereocenters. The molecule has 2 fully saturated rings. The first-order valence-electron chi connectivity index (χ1n) is 7.25. The van der Waals surface area contributed by atoms with Crippen molar-refractivity contribution in [2.75, 3.05) is 6.54 Å². The molecule has 1 heterocycles. The van der Waals surface area contributed by atoms with Crippen LogP contribution in [0.5, 0.6) is 0 Å². The first-order chi connectivity index (χ1) is 9.11. The second-order valence-electron chi connectivity index (χ2n) is 5.55. The normalized spacial score (nSPS) is 24.7.